The van der Waals surface area contributed by atoms with Crippen LogP contribution in [0.5, 0.6) is 5.75 Å². The standard InChI is InChI=1S/C20H22BrFN6O3/c1-12(23)4-5-24-6-7-31-19-10-17-14(9-18(19)28(29)30)20(26-11-25-17)27-16-3-2-13(21)8-15(16)22/h2-3,8-12,24H,4-7,23H2,1H3,(H,25,26,27). The molecule has 1 atom stereocenters. The molecular formula is C20H22BrFN6O3. The first-order chi connectivity index (χ1) is 14.8. The molecule has 0 amide bonds. The van der Waals surface area contributed by atoms with Crippen LogP contribution in [0.15, 0.2) is 41.1 Å². The second-order valence-electron chi connectivity index (χ2n) is 6.93. The Labute approximate surface area is 186 Å². The van der Waals surface area contributed by atoms with Crippen molar-refractivity contribution in [3.63, 3.8) is 0 Å². The maximum atomic E-state index is 14.2. The molecule has 1 unspecified atom stereocenters. The Morgan fingerprint density at radius 1 is 1.29 bits per heavy atom. The summed E-state index contributed by atoms with van der Waals surface area (Å²) in [6.07, 6.45) is 2.12. The number of ether oxygens (including phenoxy) is 1. The minimum Gasteiger partial charge on any atom is -0.485 e. The van der Waals surface area contributed by atoms with Crippen LogP contribution in [0.4, 0.5) is 21.6 Å². The normalized spacial score (nSPS) is 12.0. The summed E-state index contributed by atoms with van der Waals surface area (Å²) in [5, 5.41) is 18.0. The Bertz CT molecular complexity index is 1080. The van der Waals surface area contributed by atoms with Gasteiger partial charge in [0.05, 0.1) is 21.5 Å². The molecule has 9 nitrogen and oxygen atoms in total. The topological polar surface area (TPSA) is 128 Å². The lowest BCUT2D eigenvalue weighted by molar-refractivity contribution is -0.385. The zero-order valence-electron chi connectivity index (χ0n) is 16.8. The van der Waals surface area contributed by atoms with Crippen LogP contribution < -0.4 is 21.1 Å². The molecule has 1 aromatic heterocycles. The van der Waals surface area contributed by atoms with E-state index < -0.39 is 10.7 Å². The van der Waals surface area contributed by atoms with Gasteiger partial charge in [0.15, 0.2) is 5.75 Å². The number of nitrogens with one attached hydrogen (secondary N) is 2. The van der Waals surface area contributed by atoms with E-state index in [1.807, 2.05) is 6.92 Å². The third kappa shape index (κ3) is 6.06. The first kappa shape index (κ1) is 22.8. The average Bonchev–Trinajstić information content (AvgIpc) is 2.71. The highest BCUT2D eigenvalue weighted by Gasteiger charge is 2.19. The highest BCUT2D eigenvalue weighted by molar-refractivity contribution is 9.10. The lowest BCUT2D eigenvalue weighted by atomic mass is 10.2. The first-order valence-corrected chi connectivity index (χ1v) is 10.4. The van der Waals surface area contributed by atoms with Gasteiger partial charge in [-0.1, -0.05) is 15.9 Å². The van der Waals surface area contributed by atoms with Gasteiger partial charge >= 0.3 is 5.69 Å². The van der Waals surface area contributed by atoms with E-state index in [1.165, 1.54) is 30.6 Å². The van der Waals surface area contributed by atoms with Crippen LogP contribution in [0.2, 0.25) is 0 Å². The van der Waals surface area contributed by atoms with E-state index >= 15 is 0 Å². The van der Waals surface area contributed by atoms with E-state index in [2.05, 4.69) is 36.5 Å². The second-order valence-corrected chi connectivity index (χ2v) is 7.85. The molecule has 0 aliphatic rings. The maximum absolute atomic E-state index is 14.2. The number of fused-ring (bicyclic) bond motifs is 1. The molecule has 11 heteroatoms. The predicted molar refractivity (Wildman–Crippen MR) is 120 cm³/mol. The van der Waals surface area contributed by atoms with Crippen molar-refractivity contribution in [2.24, 2.45) is 5.73 Å². The third-order valence-electron chi connectivity index (χ3n) is 4.41. The number of nitrogens with two attached hydrogens (primary N) is 1. The monoisotopic (exact) mass is 492 g/mol. The average molecular weight is 493 g/mol. The minimum atomic E-state index is -0.532. The Morgan fingerprint density at radius 2 is 2.10 bits per heavy atom. The van der Waals surface area contributed by atoms with Crippen molar-refractivity contribution in [1.82, 2.24) is 15.3 Å². The van der Waals surface area contributed by atoms with Gasteiger partial charge in [0.25, 0.3) is 0 Å². The molecule has 2 aromatic carbocycles. The molecule has 1 heterocycles. The summed E-state index contributed by atoms with van der Waals surface area (Å²) in [7, 11) is 0. The highest BCUT2D eigenvalue weighted by Crippen LogP contribution is 2.35. The SMILES string of the molecule is CC(N)CCNCCOc1cc2ncnc(Nc3ccc(Br)cc3F)c2cc1[N+](=O)[O-]. The number of halogens is 2. The fraction of sp³-hybridized carbons (Fsp3) is 0.300. The van der Waals surface area contributed by atoms with Crippen LogP contribution in [-0.4, -0.2) is 40.6 Å². The molecule has 4 N–H and O–H groups in total. The molecule has 31 heavy (non-hydrogen) atoms. The number of nitrogens with zero attached hydrogens (tertiary/aromatic N) is 3. The van der Waals surface area contributed by atoms with Crippen LogP contribution in [-0.2, 0) is 0 Å². The van der Waals surface area contributed by atoms with Crippen LogP contribution in [0.1, 0.15) is 13.3 Å². The Hall–Kier alpha value is -2.89. The van der Waals surface area contributed by atoms with E-state index in [4.69, 9.17) is 10.5 Å². The van der Waals surface area contributed by atoms with Gasteiger partial charge in [0.1, 0.15) is 24.6 Å². The summed E-state index contributed by atoms with van der Waals surface area (Å²) in [6, 6.07) is 7.43. The number of nitro benzene ring substituents is 1. The van der Waals surface area contributed by atoms with Gasteiger partial charge in [-0.25, -0.2) is 14.4 Å². The van der Waals surface area contributed by atoms with Crippen LogP contribution in [0, 0.1) is 15.9 Å². The summed E-state index contributed by atoms with van der Waals surface area (Å²) in [6.45, 7) is 3.41. The second kappa shape index (κ2) is 10.4. The fourth-order valence-corrected chi connectivity index (χ4v) is 3.17. The quantitative estimate of drug-likeness (QED) is 0.221. The molecular weight excluding hydrogens is 471 g/mol. The van der Waals surface area contributed by atoms with Crippen molar-refractivity contribution in [1.29, 1.82) is 0 Å². The number of benzene rings is 2. The van der Waals surface area contributed by atoms with Gasteiger partial charge in [0.2, 0.25) is 0 Å². The van der Waals surface area contributed by atoms with Crippen molar-refractivity contribution in [2.45, 2.75) is 19.4 Å². The Morgan fingerprint density at radius 3 is 2.81 bits per heavy atom. The van der Waals surface area contributed by atoms with Gasteiger partial charge in [-0.05, 0) is 38.1 Å². The number of rotatable bonds is 10. The van der Waals surface area contributed by atoms with Gasteiger partial charge in [-0.2, -0.15) is 0 Å². The number of aromatic nitrogens is 2. The molecule has 0 aliphatic heterocycles. The Kier molecular flexibility index (Phi) is 7.66. The lowest BCUT2D eigenvalue weighted by Crippen LogP contribution is -2.27. The van der Waals surface area contributed by atoms with E-state index in [-0.39, 0.29) is 35.6 Å². The van der Waals surface area contributed by atoms with E-state index in [1.54, 1.807) is 6.07 Å². The molecule has 3 aromatic rings. The molecule has 0 fully saturated rings. The summed E-state index contributed by atoms with van der Waals surface area (Å²) < 4.78 is 20.4. The van der Waals surface area contributed by atoms with Crippen molar-refractivity contribution in [3.05, 3.63) is 57.1 Å². The van der Waals surface area contributed by atoms with Gasteiger partial charge in [-0.15, -0.1) is 0 Å². The largest absolute Gasteiger partial charge is 0.485 e. The first-order valence-electron chi connectivity index (χ1n) is 9.59. The summed E-state index contributed by atoms with van der Waals surface area (Å²) >= 11 is 3.20. The number of hydrogen-bond acceptors (Lipinski definition) is 8. The van der Waals surface area contributed by atoms with E-state index in [0.29, 0.717) is 21.9 Å². The van der Waals surface area contributed by atoms with E-state index in [0.717, 1.165) is 13.0 Å². The third-order valence-corrected chi connectivity index (χ3v) is 4.90. The van der Waals surface area contributed by atoms with Crippen molar-refractivity contribution >= 4 is 44.0 Å². The van der Waals surface area contributed by atoms with Gasteiger partial charge < -0.3 is 21.1 Å². The molecule has 0 saturated carbocycles. The number of nitro groups is 1. The molecule has 164 valence electrons. The minimum absolute atomic E-state index is 0.100. The summed E-state index contributed by atoms with van der Waals surface area (Å²) in [4.78, 5) is 19.4. The molecule has 0 aliphatic carbocycles. The zero-order chi connectivity index (χ0) is 22.4. The number of anilines is 2. The highest BCUT2D eigenvalue weighted by atomic mass is 79.9. The fourth-order valence-electron chi connectivity index (χ4n) is 2.84. The Balaban J connectivity index is 1.82. The lowest BCUT2D eigenvalue weighted by Gasteiger charge is -2.12. The maximum Gasteiger partial charge on any atom is 0.311 e. The smallest absolute Gasteiger partial charge is 0.311 e. The molecule has 0 radical (unpaired) electrons. The van der Waals surface area contributed by atoms with Crippen molar-refractivity contribution in [2.75, 3.05) is 25.0 Å². The molecule has 0 bridgehead atoms. The predicted octanol–water partition coefficient (Wildman–Crippen LogP) is 3.89. The number of hydrogen-bond donors (Lipinski definition) is 3. The van der Waals surface area contributed by atoms with Gasteiger partial charge in [-0.3, -0.25) is 10.1 Å². The van der Waals surface area contributed by atoms with Crippen LogP contribution in [0.25, 0.3) is 10.9 Å². The van der Waals surface area contributed by atoms with Crippen molar-refractivity contribution < 1.29 is 14.1 Å². The summed E-state index contributed by atoms with van der Waals surface area (Å²) in [5.74, 6) is -0.142. The zero-order valence-corrected chi connectivity index (χ0v) is 18.4. The van der Waals surface area contributed by atoms with Crippen molar-refractivity contribution in [3.8, 4) is 5.75 Å². The summed E-state index contributed by atoms with van der Waals surface area (Å²) in [5.41, 5.74) is 6.08. The molecule has 0 spiro atoms. The van der Waals surface area contributed by atoms with Gasteiger partial charge in [0, 0.05) is 29.2 Å². The van der Waals surface area contributed by atoms with Crippen LogP contribution >= 0.6 is 15.9 Å². The van der Waals surface area contributed by atoms with E-state index in [9.17, 15) is 14.5 Å². The molecule has 0 saturated heterocycles. The van der Waals surface area contributed by atoms with Crippen LogP contribution in [0.3, 0.4) is 0 Å². The molecule has 3 rings (SSSR count).